The first-order valence-electron chi connectivity index (χ1n) is 10.6. The second kappa shape index (κ2) is 9.39. The number of carbonyl (C=O) groups excluding carboxylic acids is 4. The molecule has 0 bridgehead atoms. The third-order valence-corrected chi connectivity index (χ3v) is 6.10. The van der Waals surface area contributed by atoms with Crippen molar-refractivity contribution >= 4 is 23.8 Å². The molecule has 2 saturated carbocycles. The third-order valence-electron chi connectivity index (χ3n) is 6.10. The van der Waals surface area contributed by atoms with E-state index in [1.165, 1.54) is 13.3 Å². The summed E-state index contributed by atoms with van der Waals surface area (Å²) >= 11 is 0. The minimum absolute atomic E-state index is 0.0159. The Labute approximate surface area is 165 Å². The Morgan fingerprint density at radius 2 is 1.68 bits per heavy atom. The van der Waals surface area contributed by atoms with E-state index in [9.17, 15) is 19.2 Å². The Morgan fingerprint density at radius 1 is 1.04 bits per heavy atom. The van der Waals surface area contributed by atoms with Gasteiger partial charge < -0.3 is 15.0 Å². The standard InChI is InChI=1S/C20H31N3O5/c1-13(18(25)22-20(27)21-15-7-3-2-4-8-15)28-19(26)14-11-17(24)23(12-14)16-9-5-6-10-16/h13-16H,2-12H2,1H3,(H2,21,22,25,27)/t13-,14+/m0/s1. The first kappa shape index (κ1) is 20.6. The number of imide groups is 1. The Bertz CT molecular complexity index is 611. The minimum Gasteiger partial charge on any atom is -0.452 e. The molecule has 0 spiro atoms. The van der Waals surface area contributed by atoms with Crippen molar-refractivity contribution in [3.63, 3.8) is 0 Å². The van der Waals surface area contributed by atoms with Gasteiger partial charge in [0, 0.05) is 25.0 Å². The molecule has 156 valence electrons. The summed E-state index contributed by atoms with van der Waals surface area (Å²) in [5.41, 5.74) is 0. The minimum atomic E-state index is -1.08. The maximum Gasteiger partial charge on any atom is 0.321 e. The number of carbonyl (C=O) groups is 4. The first-order valence-corrected chi connectivity index (χ1v) is 10.6. The van der Waals surface area contributed by atoms with Gasteiger partial charge in [0.1, 0.15) is 0 Å². The van der Waals surface area contributed by atoms with Crippen LogP contribution < -0.4 is 10.6 Å². The lowest BCUT2D eigenvalue weighted by atomic mass is 9.96. The van der Waals surface area contributed by atoms with E-state index in [0.717, 1.165) is 51.4 Å². The third kappa shape index (κ3) is 5.23. The van der Waals surface area contributed by atoms with Crippen LogP contribution in [-0.4, -0.2) is 53.4 Å². The van der Waals surface area contributed by atoms with E-state index in [4.69, 9.17) is 4.74 Å². The molecule has 8 nitrogen and oxygen atoms in total. The van der Waals surface area contributed by atoms with Crippen molar-refractivity contribution in [2.45, 2.75) is 89.3 Å². The normalized spacial score (nSPS) is 24.8. The van der Waals surface area contributed by atoms with Crippen LogP contribution in [0.2, 0.25) is 0 Å². The van der Waals surface area contributed by atoms with Gasteiger partial charge in [-0.05, 0) is 32.6 Å². The van der Waals surface area contributed by atoms with Gasteiger partial charge in [0.25, 0.3) is 5.91 Å². The van der Waals surface area contributed by atoms with Crippen LogP contribution in [-0.2, 0) is 19.1 Å². The van der Waals surface area contributed by atoms with Gasteiger partial charge in [-0.25, -0.2) is 4.79 Å². The van der Waals surface area contributed by atoms with Crippen molar-refractivity contribution in [3.8, 4) is 0 Å². The molecule has 1 aliphatic heterocycles. The molecule has 4 amide bonds. The second-order valence-electron chi connectivity index (χ2n) is 8.26. The number of nitrogens with one attached hydrogen (secondary N) is 2. The molecule has 3 aliphatic rings. The van der Waals surface area contributed by atoms with Crippen LogP contribution in [0.4, 0.5) is 4.79 Å². The van der Waals surface area contributed by atoms with Gasteiger partial charge >= 0.3 is 12.0 Å². The molecule has 2 atom stereocenters. The zero-order valence-corrected chi connectivity index (χ0v) is 16.6. The van der Waals surface area contributed by atoms with Crippen LogP contribution in [0.1, 0.15) is 71.1 Å². The number of rotatable bonds is 5. The van der Waals surface area contributed by atoms with E-state index in [-0.39, 0.29) is 24.4 Å². The number of hydrogen-bond acceptors (Lipinski definition) is 5. The predicted octanol–water partition coefficient (Wildman–Crippen LogP) is 1.87. The number of hydrogen-bond donors (Lipinski definition) is 2. The molecule has 0 aromatic rings. The van der Waals surface area contributed by atoms with Gasteiger partial charge in [-0.15, -0.1) is 0 Å². The Balaban J connectivity index is 1.42. The lowest BCUT2D eigenvalue weighted by Crippen LogP contribution is -2.48. The van der Waals surface area contributed by atoms with Gasteiger partial charge in [-0.3, -0.25) is 19.7 Å². The Kier molecular flexibility index (Phi) is 6.91. The summed E-state index contributed by atoms with van der Waals surface area (Å²) < 4.78 is 5.24. The lowest BCUT2D eigenvalue weighted by Gasteiger charge is -2.24. The summed E-state index contributed by atoms with van der Waals surface area (Å²) in [7, 11) is 0. The maximum absolute atomic E-state index is 12.4. The van der Waals surface area contributed by atoms with Crippen molar-refractivity contribution in [3.05, 3.63) is 0 Å². The topological polar surface area (TPSA) is 105 Å². The number of ether oxygens (including phenoxy) is 1. The lowest BCUT2D eigenvalue weighted by molar-refractivity contribution is -0.158. The monoisotopic (exact) mass is 393 g/mol. The van der Waals surface area contributed by atoms with Crippen molar-refractivity contribution in [2.24, 2.45) is 5.92 Å². The van der Waals surface area contributed by atoms with E-state index in [1.807, 2.05) is 0 Å². The molecule has 1 heterocycles. The molecular formula is C20H31N3O5. The van der Waals surface area contributed by atoms with E-state index < -0.39 is 29.9 Å². The van der Waals surface area contributed by atoms with Crippen LogP contribution in [0.5, 0.6) is 0 Å². The van der Waals surface area contributed by atoms with Gasteiger partial charge in [0.05, 0.1) is 5.92 Å². The maximum atomic E-state index is 12.4. The van der Waals surface area contributed by atoms with Crippen LogP contribution in [0.15, 0.2) is 0 Å². The van der Waals surface area contributed by atoms with E-state index in [1.54, 1.807) is 4.90 Å². The predicted molar refractivity (Wildman–Crippen MR) is 101 cm³/mol. The average Bonchev–Trinajstić information content (AvgIpc) is 3.31. The second-order valence-corrected chi connectivity index (χ2v) is 8.26. The van der Waals surface area contributed by atoms with E-state index in [2.05, 4.69) is 10.6 Å². The summed E-state index contributed by atoms with van der Waals surface area (Å²) in [6, 6.07) is -0.233. The summed E-state index contributed by atoms with van der Waals surface area (Å²) in [5.74, 6) is -1.76. The van der Waals surface area contributed by atoms with Gasteiger partial charge in [-0.2, -0.15) is 0 Å². The van der Waals surface area contributed by atoms with Crippen LogP contribution in [0, 0.1) is 5.92 Å². The fourth-order valence-electron chi connectivity index (χ4n) is 4.46. The largest absolute Gasteiger partial charge is 0.452 e. The van der Waals surface area contributed by atoms with Crippen LogP contribution >= 0.6 is 0 Å². The summed E-state index contributed by atoms with van der Waals surface area (Å²) in [5, 5.41) is 5.03. The van der Waals surface area contributed by atoms with E-state index >= 15 is 0 Å². The highest BCUT2D eigenvalue weighted by Crippen LogP contribution is 2.30. The molecular weight excluding hydrogens is 362 g/mol. The fourth-order valence-corrected chi connectivity index (χ4v) is 4.46. The summed E-state index contributed by atoms with van der Waals surface area (Å²) in [6.45, 7) is 1.80. The van der Waals surface area contributed by atoms with Crippen molar-refractivity contribution in [1.29, 1.82) is 0 Å². The zero-order valence-electron chi connectivity index (χ0n) is 16.6. The smallest absolute Gasteiger partial charge is 0.321 e. The zero-order chi connectivity index (χ0) is 20.1. The van der Waals surface area contributed by atoms with Crippen molar-refractivity contribution in [1.82, 2.24) is 15.5 Å². The highest BCUT2D eigenvalue weighted by Gasteiger charge is 2.40. The SMILES string of the molecule is C[C@H](OC(=O)[C@@H]1CC(=O)N(C2CCCC2)C1)C(=O)NC(=O)NC1CCCCC1. The molecule has 1 saturated heterocycles. The molecule has 0 unspecified atom stereocenters. The van der Waals surface area contributed by atoms with Crippen molar-refractivity contribution < 1.29 is 23.9 Å². The first-order chi connectivity index (χ1) is 13.4. The molecule has 3 fully saturated rings. The van der Waals surface area contributed by atoms with Crippen molar-refractivity contribution in [2.75, 3.05) is 6.54 Å². The molecule has 3 rings (SSSR count). The molecule has 2 N–H and O–H groups in total. The number of likely N-dealkylation sites (tertiary alicyclic amines) is 1. The Hall–Kier alpha value is -2.12. The molecule has 0 radical (unpaired) electrons. The Morgan fingerprint density at radius 3 is 2.36 bits per heavy atom. The average molecular weight is 393 g/mol. The number of nitrogens with zero attached hydrogens (tertiary/aromatic N) is 1. The quantitative estimate of drug-likeness (QED) is 0.694. The summed E-state index contributed by atoms with van der Waals surface area (Å²) in [4.78, 5) is 50.5. The molecule has 8 heteroatoms. The highest BCUT2D eigenvalue weighted by atomic mass is 16.5. The highest BCUT2D eigenvalue weighted by molar-refractivity contribution is 5.97. The molecule has 0 aromatic carbocycles. The van der Waals surface area contributed by atoms with Gasteiger partial charge in [0.2, 0.25) is 5.91 Å². The van der Waals surface area contributed by atoms with E-state index in [0.29, 0.717) is 6.54 Å². The van der Waals surface area contributed by atoms with Crippen LogP contribution in [0.3, 0.4) is 0 Å². The molecule has 2 aliphatic carbocycles. The van der Waals surface area contributed by atoms with Crippen LogP contribution in [0.25, 0.3) is 0 Å². The number of urea groups is 1. The number of esters is 1. The number of amides is 4. The van der Waals surface area contributed by atoms with Gasteiger partial charge in [0.15, 0.2) is 6.10 Å². The molecule has 0 aromatic heterocycles. The fraction of sp³-hybridized carbons (Fsp3) is 0.800. The van der Waals surface area contributed by atoms with Gasteiger partial charge in [-0.1, -0.05) is 32.1 Å². The summed E-state index contributed by atoms with van der Waals surface area (Å²) in [6.07, 6.45) is 8.41. The molecule has 28 heavy (non-hydrogen) atoms.